The summed E-state index contributed by atoms with van der Waals surface area (Å²) in [6.45, 7) is 5.21. The van der Waals surface area contributed by atoms with Gasteiger partial charge in [0.15, 0.2) is 0 Å². The van der Waals surface area contributed by atoms with E-state index in [2.05, 4.69) is 64.9 Å². The molecule has 0 spiro atoms. The molecule has 0 N–H and O–H groups in total. The average Bonchev–Trinajstić information content (AvgIpc) is 2.75. The number of rotatable bonds is 4. The minimum atomic E-state index is -0.173. The van der Waals surface area contributed by atoms with Crippen molar-refractivity contribution >= 4 is 47.8 Å². The van der Waals surface area contributed by atoms with Crippen molar-refractivity contribution in [2.24, 2.45) is 0 Å². The van der Waals surface area contributed by atoms with Crippen LogP contribution >= 0.6 is 47.8 Å². The molecular weight excluding hydrogens is 456 g/mol. The number of hydrogen-bond acceptors (Lipinski definition) is 3. The van der Waals surface area contributed by atoms with E-state index in [1.165, 1.54) is 4.68 Å². The Morgan fingerprint density at radius 2 is 1.85 bits per heavy atom. The van der Waals surface area contributed by atoms with Gasteiger partial charge in [0.2, 0.25) is 0 Å². The van der Waals surface area contributed by atoms with Gasteiger partial charge in [-0.2, -0.15) is 10.2 Å². The van der Waals surface area contributed by atoms with Gasteiger partial charge in [-0.3, -0.25) is 9.48 Å². The van der Waals surface area contributed by atoms with E-state index in [0.717, 1.165) is 28.8 Å². The zero-order valence-corrected chi connectivity index (χ0v) is 15.8. The molecule has 108 valence electrons. The molecular formula is C12H13Br3N4O. The summed E-state index contributed by atoms with van der Waals surface area (Å²) < 4.78 is 5.39. The molecule has 0 saturated heterocycles. The summed E-state index contributed by atoms with van der Waals surface area (Å²) in [4.78, 5) is 12.2. The lowest BCUT2D eigenvalue weighted by molar-refractivity contribution is 0.554. The number of nitrogens with zero attached hydrogens (tertiary/aromatic N) is 4. The van der Waals surface area contributed by atoms with Gasteiger partial charge in [-0.15, -0.1) is 0 Å². The topological polar surface area (TPSA) is 52.7 Å². The Bertz CT molecular complexity index is 693. The molecule has 0 saturated carbocycles. The van der Waals surface area contributed by atoms with E-state index in [9.17, 15) is 4.79 Å². The molecule has 5 nitrogen and oxygen atoms in total. The van der Waals surface area contributed by atoms with E-state index in [1.807, 2.05) is 11.6 Å². The van der Waals surface area contributed by atoms with Crippen LogP contribution in [0.3, 0.4) is 0 Å². The van der Waals surface area contributed by atoms with Crippen LogP contribution in [0.1, 0.15) is 25.2 Å². The van der Waals surface area contributed by atoms with Crippen molar-refractivity contribution in [3.8, 4) is 0 Å². The van der Waals surface area contributed by atoms with Crippen molar-refractivity contribution in [1.29, 1.82) is 0 Å². The maximum atomic E-state index is 12.2. The predicted octanol–water partition coefficient (Wildman–Crippen LogP) is 3.36. The molecule has 2 heterocycles. The van der Waals surface area contributed by atoms with Gasteiger partial charge in [0.25, 0.3) is 5.56 Å². The highest BCUT2D eigenvalue weighted by Gasteiger charge is 2.16. The van der Waals surface area contributed by atoms with Gasteiger partial charge in [-0.25, -0.2) is 4.68 Å². The van der Waals surface area contributed by atoms with Crippen LogP contribution in [0.4, 0.5) is 0 Å². The maximum Gasteiger partial charge on any atom is 0.282 e. The Labute approximate surface area is 141 Å². The number of aryl methyl sites for hydroxylation is 2. The van der Waals surface area contributed by atoms with Crippen LogP contribution in [-0.2, 0) is 19.5 Å². The Balaban J connectivity index is 2.47. The molecule has 0 aliphatic carbocycles. The molecule has 0 atom stereocenters. The van der Waals surface area contributed by atoms with E-state index in [4.69, 9.17) is 0 Å². The van der Waals surface area contributed by atoms with Crippen molar-refractivity contribution in [2.45, 2.75) is 33.4 Å². The normalized spacial score (nSPS) is 11.1. The summed E-state index contributed by atoms with van der Waals surface area (Å²) in [6, 6.07) is 0. The summed E-state index contributed by atoms with van der Waals surface area (Å²) >= 11 is 10.1. The van der Waals surface area contributed by atoms with Gasteiger partial charge in [-0.05, 0) is 61.1 Å². The largest absolute Gasteiger partial charge is 0.282 e. The summed E-state index contributed by atoms with van der Waals surface area (Å²) in [5.41, 5.74) is 1.77. The molecule has 20 heavy (non-hydrogen) atoms. The van der Waals surface area contributed by atoms with Gasteiger partial charge in [0.1, 0.15) is 4.47 Å². The summed E-state index contributed by atoms with van der Waals surface area (Å²) in [7, 11) is 0. The van der Waals surface area contributed by atoms with E-state index in [-0.39, 0.29) is 5.56 Å². The highest BCUT2D eigenvalue weighted by molar-refractivity contribution is 9.13. The lowest BCUT2D eigenvalue weighted by Gasteiger charge is -2.08. The molecule has 0 aromatic carbocycles. The molecule has 0 amide bonds. The van der Waals surface area contributed by atoms with Gasteiger partial charge in [0, 0.05) is 6.54 Å². The lowest BCUT2D eigenvalue weighted by Crippen LogP contribution is -2.25. The number of hydrogen-bond donors (Lipinski definition) is 0. The first-order valence-electron chi connectivity index (χ1n) is 6.14. The predicted molar refractivity (Wildman–Crippen MR) is 88.0 cm³/mol. The summed E-state index contributed by atoms with van der Waals surface area (Å²) in [6.07, 6.45) is 2.44. The van der Waals surface area contributed by atoms with Gasteiger partial charge in [0.05, 0.1) is 33.1 Å². The summed E-state index contributed by atoms with van der Waals surface area (Å²) in [5.74, 6) is 0. The lowest BCUT2D eigenvalue weighted by atomic mass is 10.3. The SMILES string of the molecule is CCc1nn(CC)c(Cn2ncc(Br)c(Br)c2=O)c1Br. The zero-order chi connectivity index (χ0) is 14.9. The Morgan fingerprint density at radius 1 is 1.15 bits per heavy atom. The van der Waals surface area contributed by atoms with Crippen LogP contribution in [0.25, 0.3) is 0 Å². The molecule has 0 bridgehead atoms. The molecule has 8 heteroatoms. The third kappa shape index (κ3) is 2.92. The van der Waals surface area contributed by atoms with E-state index < -0.39 is 0 Å². The minimum Gasteiger partial charge on any atom is -0.267 e. The van der Waals surface area contributed by atoms with Crippen LogP contribution < -0.4 is 5.56 Å². The monoisotopic (exact) mass is 466 g/mol. The van der Waals surface area contributed by atoms with Crippen molar-refractivity contribution in [3.05, 3.63) is 41.4 Å². The molecule has 2 rings (SSSR count). The Hall–Kier alpha value is -0.470. The fourth-order valence-electron chi connectivity index (χ4n) is 1.87. The van der Waals surface area contributed by atoms with Crippen molar-refractivity contribution in [3.63, 3.8) is 0 Å². The van der Waals surface area contributed by atoms with Crippen molar-refractivity contribution in [1.82, 2.24) is 19.6 Å². The fourth-order valence-corrected chi connectivity index (χ4v) is 3.13. The Kier molecular flexibility index (Phi) is 5.19. The first-order chi connectivity index (χ1) is 9.49. The second-order valence-corrected chi connectivity index (χ2v) is 6.59. The van der Waals surface area contributed by atoms with Crippen LogP contribution in [0.2, 0.25) is 0 Å². The first-order valence-corrected chi connectivity index (χ1v) is 8.52. The smallest absolute Gasteiger partial charge is 0.267 e. The van der Waals surface area contributed by atoms with Gasteiger partial charge >= 0.3 is 0 Å². The number of halogens is 3. The van der Waals surface area contributed by atoms with Crippen LogP contribution in [0.15, 0.2) is 24.4 Å². The maximum absolute atomic E-state index is 12.2. The van der Waals surface area contributed by atoms with Crippen LogP contribution in [0, 0.1) is 0 Å². The van der Waals surface area contributed by atoms with Gasteiger partial charge in [-0.1, -0.05) is 6.92 Å². The second kappa shape index (κ2) is 6.53. The van der Waals surface area contributed by atoms with Crippen LogP contribution in [-0.4, -0.2) is 19.6 Å². The first kappa shape index (κ1) is 15.9. The van der Waals surface area contributed by atoms with E-state index >= 15 is 0 Å². The zero-order valence-electron chi connectivity index (χ0n) is 11.0. The number of aromatic nitrogens is 4. The molecule has 0 fully saturated rings. The third-order valence-corrected chi connectivity index (χ3v) is 5.75. The van der Waals surface area contributed by atoms with Crippen LogP contribution in [0.5, 0.6) is 0 Å². The minimum absolute atomic E-state index is 0.173. The van der Waals surface area contributed by atoms with E-state index in [1.54, 1.807) is 6.20 Å². The molecule has 0 radical (unpaired) electrons. The summed E-state index contributed by atoms with van der Waals surface area (Å²) in [5, 5.41) is 8.67. The highest BCUT2D eigenvalue weighted by atomic mass is 79.9. The molecule has 2 aromatic heterocycles. The molecule has 2 aromatic rings. The average molecular weight is 469 g/mol. The van der Waals surface area contributed by atoms with Crippen molar-refractivity contribution in [2.75, 3.05) is 0 Å². The van der Waals surface area contributed by atoms with Gasteiger partial charge < -0.3 is 0 Å². The quantitative estimate of drug-likeness (QED) is 0.691. The van der Waals surface area contributed by atoms with E-state index in [0.29, 0.717) is 15.5 Å². The third-order valence-electron chi connectivity index (χ3n) is 2.94. The highest BCUT2D eigenvalue weighted by Crippen LogP contribution is 2.23. The molecule has 0 unspecified atom stereocenters. The van der Waals surface area contributed by atoms with Crippen molar-refractivity contribution < 1.29 is 0 Å². The standard InChI is InChI=1S/C12H13Br3N4O/c1-3-8-11(15)9(18(4-2)17-8)6-19-12(20)10(14)7(13)5-16-19/h5H,3-4,6H2,1-2H3. The molecule has 0 aliphatic heterocycles. The second-order valence-electron chi connectivity index (χ2n) is 4.15. The Morgan fingerprint density at radius 3 is 2.45 bits per heavy atom. The fraction of sp³-hybridized carbons (Fsp3) is 0.417. The molecule has 0 aliphatic rings.